The molecule has 3 rings (SSSR count). The Kier molecular flexibility index (Phi) is 5.35. The van der Waals surface area contributed by atoms with Crippen molar-refractivity contribution in [3.05, 3.63) is 58.1 Å². The first-order valence-electron chi connectivity index (χ1n) is 7.46. The average Bonchev–Trinajstić information content (AvgIpc) is 2.59. The van der Waals surface area contributed by atoms with Crippen LogP contribution in [0.4, 0.5) is 11.8 Å². The summed E-state index contributed by atoms with van der Waals surface area (Å²) in [7, 11) is 0. The van der Waals surface area contributed by atoms with Gasteiger partial charge in [0.15, 0.2) is 0 Å². The predicted molar refractivity (Wildman–Crippen MR) is 98.9 cm³/mol. The van der Waals surface area contributed by atoms with Gasteiger partial charge in [0.1, 0.15) is 5.82 Å². The molecule has 0 fully saturated rings. The second-order valence-corrected chi connectivity index (χ2v) is 6.00. The SMILES string of the molecule is OCCNc1nc(NCc2ccc(Cl)cc2Cl)nc2ccccc12. The third-order valence-electron chi connectivity index (χ3n) is 3.46. The minimum Gasteiger partial charge on any atom is -0.395 e. The first kappa shape index (κ1) is 16.8. The van der Waals surface area contributed by atoms with Crippen molar-refractivity contribution in [2.24, 2.45) is 0 Å². The van der Waals surface area contributed by atoms with Crippen LogP contribution in [0.15, 0.2) is 42.5 Å². The summed E-state index contributed by atoms with van der Waals surface area (Å²) in [4.78, 5) is 9.00. The fourth-order valence-corrected chi connectivity index (χ4v) is 2.78. The lowest BCUT2D eigenvalue weighted by Crippen LogP contribution is -2.10. The van der Waals surface area contributed by atoms with E-state index in [1.807, 2.05) is 30.3 Å². The number of anilines is 2. The van der Waals surface area contributed by atoms with Crippen molar-refractivity contribution in [3.8, 4) is 0 Å². The van der Waals surface area contributed by atoms with Crippen molar-refractivity contribution in [1.29, 1.82) is 0 Å². The Hall–Kier alpha value is -2.08. The summed E-state index contributed by atoms with van der Waals surface area (Å²) in [6.45, 7) is 0.929. The molecule has 0 saturated carbocycles. The molecule has 24 heavy (non-hydrogen) atoms. The lowest BCUT2D eigenvalue weighted by atomic mass is 10.2. The first-order valence-corrected chi connectivity index (χ1v) is 8.22. The van der Waals surface area contributed by atoms with Crippen LogP contribution >= 0.6 is 23.2 Å². The van der Waals surface area contributed by atoms with Gasteiger partial charge in [0, 0.05) is 28.5 Å². The highest BCUT2D eigenvalue weighted by atomic mass is 35.5. The second kappa shape index (κ2) is 7.66. The molecule has 3 N–H and O–H groups in total. The van der Waals surface area contributed by atoms with Gasteiger partial charge in [0.05, 0.1) is 12.1 Å². The molecule has 5 nitrogen and oxygen atoms in total. The van der Waals surface area contributed by atoms with Crippen molar-refractivity contribution in [1.82, 2.24) is 9.97 Å². The second-order valence-electron chi connectivity index (χ2n) is 5.15. The van der Waals surface area contributed by atoms with Gasteiger partial charge in [-0.25, -0.2) is 4.98 Å². The van der Waals surface area contributed by atoms with E-state index in [9.17, 15) is 0 Å². The Bertz CT molecular complexity index is 857. The van der Waals surface area contributed by atoms with Crippen molar-refractivity contribution in [2.45, 2.75) is 6.54 Å². The molecule has 0 amide bonds. The third kappa shape index (κ3) is 3.87. The number of halogens is 2. The number of hydrogen-bond donors (Lipinski definition) is 3. The number of aromatic nitrogens is 2. The Labute approximate surface area is 149 Å². The molecule has 0 aliphatic carbocycles. The normalized spacial score (nSPS) is 10.8. The van der Waals surface area contributed by atoms with Crippen LogP contribution in [0.5, 0.6) is 0 Å². The minimum atomic E-state index is 0.0292. The number of hydrogen-bond acceptors (Lipinski definition) is 5. The highest BCUT2D eigenvalue weighted by Crippen LogP contribution is 2.24. The highest BCUT2D eigenvalue weighted by molar-refractivity contribution is 6.35. The Morgan fingerprint density at radius 1 is 1.00 bits per heavy atom. The fourth-order valence-electron chi connectivity index (χ4n) is 2.30. The van der Waals surface area contributed by atoms with Crippen LogP contribution < -0.4 is 10.6 Å². The average molecular weight is 363 g/mol. The number of benzene rings is 2. The summed E-state index contributed by atoms with van der Waals surface area (Å²) in [6.07, 6.45) is 0. The lowest BCUT2D eigenvalue weighted by molar-refractivity contribution is 0.311. The molecule has 7 heteroatoms. The van der Waals surface area contributed by atoms with E-state index in [1.165, 1.54) is 0 Å². The first-order chi connectivity index (χ1) is 11.7. The number of nitrogens with one attached hydrogen (secondary N) is 2. The molecule has 3 aromatic rings. The van der Waals surface area contributed by atoms with Gasteiger partial charge >= 0.3 is 0 Å². The monoisotopic (exact) mass is 362 g/mol. The van der Waals surface area contributed by atoms with Crippen LogP contribution in [0, 0.1) is 0 Å². The van der Waals surface area contributed by atoms with Gasteiger partial charge in [0.25, 0.3) is 0 Å². The van der Waals surface area contributed by atoms with Gasteiger partial charge in [-0.05, 0) is 29.8 Å². The zero-order valence-corrected chi connectivity index (χ0v) is 14.3. The highest BCUT2D eigenvalue weighted by Gasteiger charge is 2.08. The van der Waals surface area contributed by atoms with Gasteiger partial charge in [-0.1, -0.05) is 41.4 Å². The molecule has 0 spiro atoms. The van der Waals surface area contributed by atoms with E-state index >= 15 is 0 Å². The van der Waals surface area contributed by atoms with Crippen LogP contribution in [-0.4, -0.2) is 28.2 Å². The molecule has 1 aromatic heterocycles. The topological polar surface area (TPSA) is 70.1 Å². The van der Waals surface area contributed by atoms with E-state index in [2.05, 4.69) is 20.6 Å². The number of aliphatic hydroxyl groups is 1. The smallest absolute Gasteiger partial charge is 0.225 e. The Balaban J connectivity index is 1.86. The molecule has 0 aliphatic heterocycles. The van der Waals surface area contributed by atoms with Crippen LogP contribution in [0.1, 0.15) is 5.56 Å². The Morgan fingerprint density at radius 2 is 1.83 bits per heavy atom. The lowest BCUT2D eigenvalue weighted by Gasteiger charge is -2.12. The quantitative estimate of drug-likeness (QED) is 0.619. The van der Waals surface area contributed by atoms with E-state index in [0.29, 0.717) is 34.9 Å². The van der Waals surface area contributed by atoms with Crippen LogP contribution in [0.3, 0.4) is 0 Å². The summed E-state index contributed by atoms with van der Waals surface area (Å²) in [5.41, 5.74) is 1.72. The maximum absolute atomic E-state index is 9.03. The number of aliphatic hydroxyl groups excluding tert-OH is 1. The summed E-state index contributed by atoms with van der Waals surface area (Å²) < 4.78 is 0. The number of para-hydroxylation sites is 1. The molecule has 0 bridgehead atoms. The standard InChI is InChI=1S/C17H16Cl2N4O/c18-12-6-5-11(14(19)9-12)10-21-17-22-15-4-2-1-3-13(15)16(23-17)20-7-8-24/h1-6,9,24H,7-8,10H2,(H2,20,21,22,23). The zero-order chi connectivity index (χ0) is 16.9. The van der Waals surface area contributed by atoms with Crippen molar-refractivity contribution in [3.63, 3.8) is 0 Å². The zero-order valence-electron chi connectivity index (χ0n) is 12.8. The van der Waals surface area contributed by atoms with Crippen molar-refractivity contribution in [2.75, 3.05) is 23.8 Å². The molecule has 124 valence electrons. The summed E-state index contributed by atoms with van der Waals surface area (Å²) in [5.74, 6) is 1.17. The maximum atomic E-state index is 9.03. The van der Waals surface area contributed by atoms with E-state index in [-0.39, 0.29) is 6.61 Å². The van der Waals surface area contributed by atoms with E-state index in [1.54, 1.807) is 12.1 Å². The van der Waals surface area contributed by atoms with Crippen molar-refractivity contribution >= 4 is 45.9 Å². The molecule has 0 atom stereocenters. The van der Waals surface area contributed by atoms with E-state index < -0.39 is 0 Å². The molecular formula is C17H16Cl2N4O. The number of nitrogens with zero attached hydrogens (tertiary/aromatic N) is 2. The predicted octanol–water partition coefficient (Wildman–Crippen LogP) is 3.95. The summed E-state index contributed by atoms with van der Waals surface area (Å²) in [6, 6.07) is 13.1. The third-order valence-corrected chi connectivity index (χ3v) is 4.05. The van der Waals surface area contributed by atoms with Gasteiger partial charge < -0.3 is 15.7 Å². The van der Waals surface area contributed by atoms with Gasteiger partial charge in [-0.3, -0.25) is 0 Å². The number of fused-ring (bicyclic) bond motifs is 1. The minimum absolute atomic E-state index is 0.0292. The van der Waals surface area contributed by atoms with E-state index in [0.717, 1.165) is 16.5 Å². The summed E-state index contributed by atoms with van der Waals surface area (Å²) >= 11 is 12.1. The van der Waals surface area contributed by atoms with E-state index in [4.69, 9.17) is 28.3 Å². The summed E-state index contributed by atoms with van der Waals surface area (Å²) in [5, 5.41) is 17.4. The molecule has 2 aromatic carbocycles. The van der Waals surface area contributed by atoms with Crippen LogP contribution in [0.25, 0.3) is 10.9 Å². The number of rotatable bonds is 6. The van der Waals surface area contributed by atoms with Crippen molar-refractivity contribution < 1.29 is 5.11 Å². The Morgan fingerprint density at radius 3 is 2.62 bits per heavy atom. The molecule has 0 radical (unpaired) electrons. The molecular weight excluding hydrogens is 347 g/mol. The molecule has 1 heterocycles. The fraction of sp³-hybridized carbons (Fsp3) is 0.176. The van der Waals surface area contributed by atoms with Gasteiger partial charge in [0.2, 0.25) is 5.95 Å². The molecule has 0 saturated heterocycles. The molecule has 0 aliphatic rings. The van der Waals surface area contributed by atoms with Gasteiger partial charge in [-0.2, -0.15) is 4.98 Å². The van der Waals surface area contributed by atoms with Crippen LogP contribution in [-0.2, 0) is 6.54 Å². The largest absolute Gasteiger partial charge is 0.395 e. The van der Waals surface area contributed by atoms with Crippen LogP contribution in [0.2, 0.25) is 10.0 Å². The maximum Gasteiger partial charge on any atom is 0.225 e. The molecule has 0 unspecified atom stereocenters. The van der Waals surface area contributed by atoms with Gasteiger partial charge in [-0.15, -0.1) is 0 Å².